The Balaban J connectivity index is 2.77. The van der Waals surface area contributed by atoms with Crippen LogP contribution in [0.3, 0.4) is 0 Å². The Morgan fingerprint density at radius 3 is 2.77 bits per heavy atom. The molecule has 0 aromatic carbocycles. The van der Waals surface area contributed by atoms with Crippen LogP contribution in [0.2, 0.25) is 0 Å². The first kappa shape index (κ1) is 11.0. The average Bonchev–Trinajstić information content (AvgIpc) is 2.09. The lowest BCUT2D eigenvalue weighted by atomic mass is 10.3. The van der Waals surface area contributed by atoms with Gasteiger partial charge >= 0.3 is 0 Å². The van der Waals surface area contributed by atoms with E-state index in [-0.39, 0.29) is 6.10 Å². The number of nitrogens with zero attached hydrogens (tertiary/aromatic N) is 1. The van der Waals surface area contributed by atoms with E-state index >= 15 is 0 Å². The molecule has 1 unspecified atom stereocenters. The molecule has 4 heteroatoms. The smallest absolute Gasteiger partial charge is 0.228 e. The van der Waals surface area contributed by atoms with E-state index < -0.39 is 0 Å². The molecule has 1 aromatic heterocycles. The quantitative estimate of drug-likeness (QED) is 0.847. The first-order valence-electron chi connectivity index (χ1n) is 4.11. The zero-order valence-electron chi connectivity index (χ0n) is 7.55. The maximum Gasteiger partial charge on any atom is 0.228 e. The number of hydrogen-bond acceptors (Lipinski definition) is 2. The maximum absolute atomic E-state index is 5.57. The Morgan fingerprint density at radius 2 is 2.23 bits per heavy atom. The molecule has 1 rings (SSSR count). The van der Waals surface area contributed by atoms with Gasteiger partial charge in [-0.15, -0.1) is 0 Å². The minimum Gasteiger partial charge on any atom is -0.474 e. The highest BCUT2D eigenvalue weighted by Crippen LogP contribution is 2.26. The van der Waals surface area contributed by atoms with Crippen molar-refractivity contribution in [2.45, 2.75) is 26.4 Å². The zero-order chi connectivity index (χ0) is 9.84. The summed E-state index contributed by atoms with van der Waals surface area (Å²) in [6, 6.07) is 1.92. The van der Waals surface area contributed by atoms with E-state index in [9.17, 15) is 0 Å². The number of halogens is 2. The molecule has 0 saturated carbocycles. The van der Waals surface area contributed by atoms with Crippen molar-refractivity contribution in [1.29, 1.82) is 0 Å². The highest BCUT2D eigenvalue weighted by molar-refractivity contribution is 9.11. The van der Waals surface area contributed by atoms with Gasteiger partial charge in [0.2, 0.25) is 5.88 Å². The van der Waals surface area contributed by atoms with Crippen LogP contribution in [-0.2, 0) is 0 Å². The largest absolute Gasteiger partial charge is 0.474 e. The second-order valence-electron chi connectivity index (χ2n) is 2.78. The number of aromatic nitrogens is 1. The Labute approximate surface area is 95.0 Å². The molecule has 1 atom stereocenters. The minimum atomic E-state index is 0.199. The molecule has 0 amide bonds. The summed E-state index contributed by atoms with van der Waals surface area (Å²) in [6.45, 7) is 4.10. The van der Waals surface area contributed by atoms with Crippen LogP contribution in [0.15, 0.2) is 21.2 Å². The molecule has 1 aromatic rings. The SMILES string of the molecule is CCC(C)Oc1ncc(Br)cc1Br. The van der Waals surface area contributed by atoms with Crippen molar-refractivity contribution in [1.82, 2.24) is 4.98 Å². The van der Waals surface area contributed by atoms with Gasteiger partial charge in [-0.3, -0.25) is 0 Å². The summed E-state index contributed by atoms with van der Waals surface area (Å²) in [5.41, 5.74) is 0. The molecule has 0 bridgehead atoms. The Morgan fingerprint density at radius 1 is 1.54 bits per heavy atom. The van der Waals surface area contributed by atoms with Crippen molar-refractivity contribution in [2.24, 2.45) is 0 Å². The molecule has 0 fully saturated rings. The normalized spacial score (nSPS) is 12.6. The van der Waals surface area contributed by atoms with Gasteiger partial charge in [-0.1, -0.05) is 6.92 Å². The summed E-state index contributed by atoms with van der Waals surface area (Å²) >= 11 is 6.72. The van der Waals surface area contributed by atoms with Crippen LogP contribution in [0.25, 0.3) is 0 Å². The fraction of sp³-hybridized carbons (Fsp3) is 0.444. The standard InChI is InChI=1S/C9H11Br2NO/c1-3-6(2)13-9-8(11)4-7(10)5-12-9/h4-6H,3H2,1-2H3. The van der Waals surface area contributed by atoms with Gasteiger partial charge in [0.05, 0.1) is 10.6 Å². The van der Waals surface area contributed by atoms with E-state index in [0.29, 0.717) is 5.88 Å². The summed E-state index contributed by atoms with van der Waals surface area (Å²) in [5.74, 6) is 0.651. The van der Waals surface area contributed by atoms with E-state index in [4.69, 9.17) is 4.74 Å². The first-order chi connectivity index (χ1) is 6.13. The Kier molecular flexibility index (Phi) is 4.19. The van der Waals surface area contributed by atoms with Gasteiger partial charge in [-0.25, -0.2) is 4.98 Å². The van der Waals surface area contributed by atoms with Crippen molar-refractivity contribution < 1.29 is 4.74 Å². The minimum absolute atomic E-state index is 0.199. The van der Waals surface area contributed by atoms with Gasteiger partial charge < -0.3 is 4.74 Å². The third kappa shape index (κ3) is 3.27. The van der Waals surface area contributed by atoms with Crippen LogP contribution >= 0.6 is 31.9 Å². The second-order valence-corrected chi connectivity index (χ2v) is 4.55. The van der Waals surface area contributed by atoms with Crippen molar-refractivity contribution >= 4 is 31.9 Å². The summed E-state index contributed by atoms with van der Waals surface area (Å²) in [5, 5.41) is 0. The van der Waals surface area contributed by atoms with Gasteiger partial charge in [0, 0.05) is 10.7 Å². The molecule has 13 heavy (non-hydrogen) atoms. The highest BCUT2D eigenvalue weighted by Gasteiger charge is 2.06. The molecule has 72 valence electrons. The van der Waals surface area contributed by atoms with E-state index in [2.05, 4.69) is 43.8 Å². The lowest BCUT2D eigenvalue weighted by molar-refractivity contribution is 0.207. The van der Waals surface area contributed by atoms with E-state index in [1.54, 1.807) is 6.20 Å². The lowest BCUT2D eigenvalue weighted by Gasteiger charge is -2.12. The van der Waals surface area contributed by atoms with Gasteiger partial charge in [-0.05, 0) is 51.3 Å². The third-order valence-electron chi connectivity index (χ3n) is 1.66. The third-order valence-corrected chi connectivity index (χ3v) is 2.66. The number of rotatable bonds is 3. The van der Waals surface area contributed by atoms with Gasteiger partial charge in [-0.2, -0.15) is 0 Å². The van der Waals surface area contributed by atoms with Crippen LogP contribution in [-0.4, -0.2) is 11.1 Å². The van der Waals surface area contributed by atoms with Gasteiger partial charge in [0.15, 0.2) is 0 Å². The number of ether oxygens (including phenoxy) is 1. The molecule has 0 radical (unpaired) electrons. The Bertz CT molecular complexity index is 291. The summed E-state index contributed by atoms with van der Waals surface area (Å²) in [7, 11) is 0. The monoisotopic (exact) mass is 307 g/mol. The van der Waals surface area contributed by atoms with Crippen molar-refractivity contribution in [3.8, 4) is 5.88 Å². The highest BCUT2D eigenvalue weighted by atomic mass is 79.9. The van der Waals surface area contributed by atoms with Crippen LogP contribution in [0.1, 0.15) is 20.3 Å². The maximum atomic E-state index is 5.57. The van der Waals surface area contributed by atoms with Crippen molar-refractivity contribution in [3.63, 3.8) is 0 Å². The Hall–Kier alpha value is -0.0900. The average molecular weight is 309 g/mol. The van der Waals surface area contributed by atoms with E-state index in [1.807, 2.05) is 13.0 Å². The molecular weight excluding hydrogens is 298 g/mol. The van der Waals surface area contributed by atoms with E-state index in [0.717, 1.165) is 15.4 Å². The van der Waals surface area contributed by atoms with Crippen molar-refractivity contribution in [3.05, 3.63) is 21.2 Å². The summed E-state index contributed by atoms with van der Waals surface area (Å²) in [4.78, 5) is 4.15. The molecule has 0 N–H and O–H groups in total. The lowest BCUT2D eigenvalue weighted by Crippen LogP contribution is -2.10. The van der Waals surface area contributed by atoms with Crippen LogP contribution in [0.5, 0.6) is 5.88 Å². The van der Waals surface area contributed by atoms with Crippen molar-refractivity contribution in [2.75, 3.05) is 0 Å². The predicted octanol–water partition coefficient (Wildman–Crippen LogP) is 3.78. The van der Waals surface area contributed by atoms with E-state index in [1.165, 1.54) is 0 Å². The second kappa shape index (κ2) is 4.96. The van der Waals surface area contributed by atoms with Gasteiger partial charge in [0.25, 0.3) is 0 Å². The molecule has 0 saturated heterocycles. The molecule has 2 nitrogen and oxygen atoms in total. The predicted molar refractivity (Wildman–Crippen MR) is 60.0 cm³/mol. The summed E-state index contributed by atoms with van der Waals surface area (Å²) < 4.78 is 7.39. The molecule has 0 spiro atoms. The van der Waals surface area contributed by atoms with Crippen LogP contribution < -0.4 is 4.74 Å². The number of hydrogen-bond donors (Lipinski definition) is 0. The number of pyridine rings is 1. The molecule has 0 aliphatic heterocycles. The molecular formula is C9H11Br2NO. The summed E-state index contributed by atoms with van der Waals surface area (Å²) in [6.07, 6.45) is 2.90. The van der Waals surface area contributed by atoms with Gasteiger partial charge in [0.1, 0.15) is 0 Å². The zero-order valence-corrected chi connectivity index (χ0v) is 10.7. The van der Waals surface area contributed by atoms with Crippen LogP contribution in [0, 0.1) is 0 Å². The fourth-order valence-electron chi connectivity index (χ4n) is 0.763. The van der Waals surface area contributed by atoms with Crippen LogP contribution in [0.4, 0.5) is 0 Å². The molecule has 0 aliphatic rings. The first-order valence-corrected chi connectivity index (χ1v) is 5.69. The molecule has 1 heterocycles. The molecule has 0 aliphatic carbocycles. The fourth-order valence-corrected chi connectivity index (χ4v) is 1.84. The topological polar surface area (TPSA) is 22.1 Å².